The first-order valence-corrected chi connectivity index (χ1v) is 12.5. The lowest BCUT2D eigenvalue weighted by Crippen LogP contribution is -2.35. The summed E-state index contributed by atoms with van der Waals surface area (Å²) in [6, 6.07) is 5.58. The number of halogens is 2. The number of likely N-dealkylation sites (N-methyl/N-ethyl adjacent to an activating group) is 1. The number of nitrogens with two attached hydrogens (primary N) is 1. The molecule has 1 aromatic carbocycles. The molecule has 2 aromatic heterocycles. The minimum absolute atomic E-state index is 0.0173. The Morgan fingerprint density at radius 3 is 2.58 bits per heavy atom. The molecule has 0 unspecified atom stereocenters. The van der Waals surface area contributed by atoms with E-state index < -0.39 is 5.92 Å². The van der Waals surface area contributed by atoms with Crippen molar-refractivity contribution in [1.29, 1.82) is 0 Å². The predicted octanol–water partition coefficient (Wildman–Crippen LogP) is 4.00. The van der Waals surface area contributed by atoms with Gasteiger partial charge in [0.05, 0.1) is 32.2 Å². The second kappa shape index (κ2) is 11.3. The number of rotatable bonds is 10. The number of carbonyl (C=O) groups is 1. The summed E-state index contributed by atoms with van der Waals surface area (Å²) in [7, 11) is 3.19. The minimum Gasteiger partial charge on any atom is -0.497 e. The molecule has 2 N–H and O–H groups in total. The lowest BCUT2D eigenvalue weighted by molar-refractivity contribution is -0.125. The molecular formula is C27H34F2N6O3. The number of ether oxygens (including phenoxy) is 2. The van der Waals surface area contributed by atoms with Gasteiger partial charge in [-0.3, -0.25) is 9.69 Å². The van der Waals surface area contributed by atoms with Gasteiger partial charge in [0.25, 0.3) is 5.92 Å². The normalized spacial score (nSPS) is 16.2. The van der Waals surface area contributed by atoms with Crippen LogP contribution in [-0.4, -0.2) is 83.1 Å². The van der Waals surface area contributed by atoms with Crippen molar-refractivity contribution in [2.45, 2.75) is 32.2 Å². The SMILES string of the molecule is CCN(C/C=C/C(=O)N1CC[C@H](n2cc(-c3cc(OC)cc(OC)c3)c3c(N)ncnc32)C1)CC(C)(F)F. The molecule has 1 aliphatic heterocycles. The number of methoxy groups -OCH3 is 2. The van der Waals surface area contributed by atoms with E-state index in [-0.39, 0.29) is 25.0 Å². The van der Waals surface area contributed by atoms with Crippen LogP contribution in [0.25, 0.3) is 22.2 Å². The fraction of sp³-hybridized carbons (Fsp3) is 0.444. The van der Waals surface area contributed by atoms with Crippen molar-refractivity contribution in [3.8, 4) is 22.6 Å². The van der Waals surface area contributed by atoms with Crippen LogP contribution in [0.3, 0.4) is 0 Å². The van der Waals surface area contributed by atoms with Crippen molar-refractivity contribution in [3.05, 3.63) is 42.9 Å². The Kier molecular flexibility index (Phi) is 8.15. The summed E-state index contributed by atoms with van der Waals surface area (Å²) < 4.78 is 39.6. The highest BCUT2D eigenvalue weighted by molar-refractivity contribution is 6.01. The molecule has 0 aliphatic carbocycles. The number of aromatic nitrogens is 3. The van der Waals surface area contributed by atoms with Gasteiger partial charge in [-0.05, 0) is 30.7 Å². The monoisotopic (exact) mass is 528 g/mol. The van der Waals surface area contributed by atoms with Crippen LogP contribution >= 0.6 is 0 Å². The van der Waals surface area contributed by atoms with Crippen molar-refractivity contribution in [2.75, 3.05) is 52.7 Å². The molecular weight excluding hydrogens is 494 g/mol. The molecule has 204 valence electrons. The van der Waals surface area contributed by atoms with E-state index in [0.29, 0.717) is 42.6 Å². The molecule has 0 bridgehead atoms. The molecule has 0 saturated carbocycles. The van der Waals surface area contributed by atoms with E-state index in [4.69, 9.17) is 15.2 Å². The van der Waals surface area contributed by atoms with Crippen LogP contribution in [-0.2, 0) is 4.79 Å². The number of nitrogen functional groups attached to an aromatic ring is 1. The summed E-state index contributed by atoms with van der Waals surface area (Å²) in [5.41, 5.74) is 8.67. The Morgan fingerprint density at radius 2 is 1.95 bits per heavy atom. The number of fused-ring (bicyclic) bond motifs is 1. The topological polar surface area (TPSA) is 98.7 Å². The van der Waals surface area contributed by atoms with E-state index in [1.165, 1.54) is 12.4 Å². The van der Waals surface area contributed by atoms with Crippen molar-refractivity contribution in [1.82, 2.24) is 24.3 Å². The summed E-state index contributed by atoms with van der Waals surface area (Å²) in [6.07, 6.45) is 7.28. The third kappa shape index (κ3) is 6.04. The number of benzene rings is 1. The number of hydrogen-bond acceptors (Lipinski definition) is 7. The molecule has 1 amide bonds. The van der Waals surface area contributed by atoms with Crippen molar-refractivity contribution in [3.63, 3.8) is 0 Å². The molecule has 1 fully saturated rings. The quantitative estimate of drug-likeness (QED) is 0.397. The molecule has 9 nitrogen and oxygen atoms in total. The zero-order valence-corrected chi connectivity index (χ0v) is 22.2. The van der Waals surface area contributed by atoms with Gasteiger partial charge in [-0.15, -0.1) is 0 Å². The average Bonchev–Trinajstić information content (AvgIpc) is 3.53. The molecule has 1 atom stereocenters. The van der Waals surface area contributed by atoms with Gasteiger partial charge in [-0.1, -0.05) is 13.0 Å². The van der Waals surface area contributed by atoms with E-state index >= 15 is 0 Å². The summed E-state index contributed by atoms with van der Waals surface area (Å²) >= 11 is 0. The van der Waals surface area contributed by atoms with Gasteiger partial charge in [0.15, 0.2) is 0 Å². The predicted molar refractivity (Wildman–Crippen MR) is 143 cm³/mol. The van der Waals surface area contributed by atoms with Crippen molar-refractivity contribution >= 4 is 22.8 Å². The van der Waals surface area contributed by atoms with Gasteiger partial charge in [-0.2, -0.15) is 0 Å². The number of nitrogens with zero attached hydrogens (tertiary/aromatic N) is 5. The van der Waals surface area contributed by atoms with Crippen LogP contribution in [0.2, 0.25) is 0 Å². The van der Waals surface area contributed by atoms with Crippen LogP contribution < -0.4 is 15.2 Å². The van der Waals surface area contributed by atoms with Crippen LogP contribution in [0.5, 0.6) is 11.5 Å². The maximum atomic E-state index is 13.3. The molecule has 3 heterocycles. The summed E-state index contributed by atoms with van der Waals surface area (Å²) in [5, 5.41) is 0.722. The highest BCUT2D eigenvalue weighted by atomic mass is 19.3. The van der Waals surface area contributed by atoms with Crippen LogP contribution in [0.15, 0.2) is 42.9 Å². The van der Waals surface area contributed by atoms with Crippen LogP contribution in [0.1, 0.15) is 26.3 Å². The third-order valence-electron chi connectivity index (χ3n) is 6.74. The standard InChI is InChI=1S/C27H34F2N6O3/c1-5-33(16-27(2,28)29)9-6-7-23(36)34-10-8-19(14-34)35-15-22(24-25(30)31-17-32-26(24)35)18-11-20(37-3)13-21(12-18)38-4/h6-7,11-13,15,17,19H,5,8-10,14,16H2,1-4H3,(H2,30,31,32)/b7-6+/t19-/m0/s1. The highest BCUT2D eigenvalue weighted by Gasteiger charge is 2.29. The molecule has 4 rings (SSSR count). The molecule has 1 aliphatic rings. The Balaban J connectivity index is 1.56. The van der Waals surface area contributed by atoms with E-state index in [2.05, 4.69) is 9.97 Å². The summed E-state index contributed by atoms with van der Waals surface area (Å²) in [5.74, 6) is -1.28. The van der Waals surface area contributed by atoms with Gasteiger partial charge >= 0.3 is 0 Å². The zero-order valence-electron chi connectivity index (χ0n) is 22.2. The van der Waals surface area contributed by atoms with Crippen molar-refractivity contribution in [2.24, 2.45) is 0 Å². The average molecular weight is 529 g/mol. The first kappa shape index (κ1) is 27.3. The van der Waals surface area contributed by atoms with E-state index in [1.54, 1.807) is 36.2 Å². The Hall–Kier alpha value is -3.73. The maximum absolute atomic E-state index is 13.3. The third-order valence-corrected chi connectivity index (χ3v) is 6.74. The molecule has 38 heavy (non-hydrogen) atoms. The Labute approximate surface area is 220 Å². The van der Waals surface area contributed by atoms with Gasteiger partial charge in [0.1, 0.15) is 29.3 Å². The lowest BCUT2D eigenvalue weighted by atomic mass is 10.1. The van der Waals surface area contributed by atoms with Gasteiger partial charge in [0, 0.05) is 50.5 Å². The van der Waals surface area contributed by atoms with E-state index in [1.807, 2.05) is 29.8 Å². The summed E-state index contributed by atoms with van der Waals surface area (Å²) in [4.78, 5) is 24.9. The fourth-order valence-electron chi connectivity index (χ4n) is 4.84. The number of carbonyl (C=O) groups excluding carboxylic acids is 1. The smallest absolute Gasteiger partial charge is 0.257 e. The number of amides is 1. The van der Waals surface area contributed by atoms with Crippen LogP contribution in [0, 0.1) is 0 Å². The highest BCUT2D eigenvalue weighted by Crippen LogP contribution is 2.39. The van der Waals surface area contributed by atoms with E-state index in [0.717, 1.165) is 29.9 Å². The first-order chi connectivity index (χ1) is 18.1. The number of likely N-dealkylation sites (tertiary alicyclic amines) is 1. The number of hydrogen-bond donors (Lipinski definition) is 1. The molecule has 3 aromatic rings. The largest absolute Gasteiger partial charge is 0.497 e. The Morgan fingerprint density at radius 1 is 1.24 bits per heavy atom. The molecule has 0 radical (unpaired) electrons. The van der Waals surface area contributed by atoms with Gasteiger partial charge < -0.3 is 24.7 Å². The lowest BCUT2D eigenvalue weighted by Gasteiger charge is -2.22. The number of anilines is 1. The van der Waals surface area contributed by atoms with Crippen LogP contribution in [0.4, 0.5) is 14.6 Å². The molecule has 1 saturated heterocycles. The summed E-state index contributed by atoms with van der Waals surface area (Å²) in [6.45, 7) is 4.19. The zero-order chi connectivity index (χ0) is 27.4. The number of alkyl halides is 2. The Bertz CT molecular complexity index is 1300. The first-order valence-electron chi connectivity index (χ1n) is 12.5. The van der Waals surface area contributed by atoms with Gasteiger partial charge in [0.2, 0.25) is 5.91 Å². The second-order valence-corrected chi connectivity index (χ2v) is 9.54. The van der Waals surface area contributed by atoms with Crippen molar-refractivity contribution < 1.29 is 23.0 Å². The minimum atomic E-state index is -2.78. The van der Waals surface area contributed by atoms with Gasteiger partial charge in [-0.25, -0.2) is 18.7 Å². The molecule has 11 heteroatoms. The second-order valence-electron chi connectivity index (χ2n) is 9.54. The maximum Gasteiger partial charge on any atom is 0.257 e. The molecule has 0 spiro atoms. The fourth-order valence-corrected chi connectivity index (χ4v) is 4.84. The van der Waals surface area contributed by atoms with E-state index in [9.17, 15) is 13.6 Å².